The number of carbonyl (C=O) groups excluding carboxylic acids is 1. The van der Waals surface area contributed by atoms with E-state index in [1.165, 1.54) is 12.8 Å². The van der Waals surface area contributed by atoms with Gasteiger partial charge in [0.15, 0.2) is 0 Å². The van der Waals surface area contributed by atoms with E-state index in [-0.39, 0.29) is 6.03 Å². The van der Waals surface area contributed by atoms with E-state index in [9.17, 15) is 10.1 Å². The lowest BCUT2D eigenvalue weighted by Crippen LogP contribution is -2.51. The quantitative estimate of drug-likeness (QED) is 0.583. The molecule has 0 aromatic heterocycles. The third kappa shape index (κ3) is 4.64. The Hall–Kier alpha value is -1.24. The molecule has 0 unspecified atom stereocenters. The fourth-order valence-corrected chi connectivity index (χ4v) is 2.24. The van der Waals surface area contributed by atoms with Crippen LogP contribution >= 0.6 is 0 Å². The number of hydrogen-bond donors (Lipinski definition) is 2. The van der Waals surface area contributed by atoms with Crippen LogP contribution in [-0.4, -0.2) is 18.1 Å². The highest BCUT2D eigenvalue weighted by molar-refractivity contribution is 5.75. The molecule has 1 aliphatic carbocycles. The third-order valence-corrected chi connectivity index (χ3v) is 3.34. The van der Waals surface area contributed by atoms with Gasteiger partial charge in [-0.25, -0.2) is 4.79 Å². The van der Waals surface area contributed by atoms with Crippen LogP contribution in [0.2, 0.25) is 0 Å². The normalized spacial score (nSPS) is 18.8. The van der Waals surface area contributed by atoms with Crippen molar-refractivity contribution in [1.29, 1.82) is 5.26 Å². The molecule has 0 aromatic carbocycles. The highest BCUT2D eigenvalue weighted by atomic mass is 16.2. The number of nitriles is 1. The van der Waals surface area contributed by atoms with Crippen molar-refractivity contribution in [1.82, 2.24) is 10.6 Å². The highest BCUT2D eigenvalue weighted by Crippen LogP contribution is 2.26. The molecule has 1 rings (SSSR count). The van der Waals surface area contributed by atoms with Gasteiger partial charge in [0.05, 0.1) is 6.07 Å². The maximum absolute atomic E-state index is 11.7. The Labute approximate surface area is 104 Å². The van der Waals surface area contributed by atoms with Gasteiger partial charge in [-0.15, -0.1) is 0 Å². The van der Waals surface area contributed by atoms with Crippen molar-refractivity contribution < 1.29 is 4.79 Å². The maximum atomic E-state index is 11.7. The number of amides is 2. The van der Waals surface area contributed by atoms with Gasteiger partial charge in [0.1, 0.15) is 5.54 Å². The van der Waals surface area contributed by atoms with Crippen LogP contribution in [0.15, 0.2) is 0 Å². The summed E-state index contributed by atoms with van der Waals surface area (Å²) in [5.74, 6) is 0. The Kier molecular flexibility index (Phi) is 5.82. The molecule has 1 saturated carbocycles. The van der Waals surface area contributed by atoms with Crippen LogP contribution in [-0.2, 0) is 0 Å². The molecular weight excluding hydrogens is 214 g/mol. The first-order valence-electron chi connectivity index (χ1n) is 6.70. The van der Waals surface area contributed by atoms with Crippen LogP contribution in [0.4, 0.5) is 4.79 Å². The van der Waals surface area contributed by atoms with Crippen LogP contribution < -0.4 is 10.6 Å². The summed E-state index contributed by atoms with van der Waals surface area (Å²) in [6.45, 7) is 2.77. The summed E-state index contributed by atoms with van der Waals surface area (Å²) in [5, 5.41) is 15.0. The minimum Gasteiger partial charge on any atom is -0.338 e. The predicted octanol–water partition coefficient (Wildman–Crippen LogP) is 2.70. The van der Waals surface area contributed by atoms with Crippen molar-refractivity contribution in [3.05, 3.63) is 0 Å². The topological polar surface area (TPSA) is 64.9 Å². The monoisotopic (exact) mass is 237 g/mol. The average Bonchev–Trinajstić information content (AvgIpc) is 2.56. The number of rotatable bonds is 4. The molecular formula is C13H23N3O. The molecule has 0 bridgehead atoms. The van der Waals surface area contributed by atoms with Gasteiger partial charge in [-0.05, 0) is 19.3 Å². The number of urea groups is 1. The summed E-state index contributed by atoms with van der Waals surface area (Å²) < 4.78 is 0. The molecule has 2 amide bonds. The van der Waals surface area contributed by atoms with Crippen molar-refractivity contribution in [3.8, 4) is 6.07 Å². The largest absolute Gasteiger partial charge is 0.338 e. The van der Waals surface area contributed by atoms with Crippen molar-refractivity contribution >= 4 is 6.03 Å². The zero-order valence-corrected chi connectivity index (χ0v) is 10.7. The Balaban J connectivity index is 2.44. The van der Waals surface area contributed by atoms with E-state index in [1.807, 2.05) is 0 Å². The first-order chi connectivity index (χ1) is 8.22. The molecule has 4 heteroatoms. The lowest BCUT2D eigenvalue weighted by Gasteiger charge is -2.26. The minimum absolute atomic E-state index is 0.193. The van der Waals surface area contributed by atoms with Gasteiger partial charge in [0.2, 0.25) is 0 Å². The van der Waals surface area contributed by atoms with Crippen molar-refractivity contribution in [2.75, 3.05) is 6.54 Å². The van der Waals surface area contributed by atoms with Crippen molar-refractivity contribution in [2.45, 2.75) is 63.8 Å². The molecule has 4 nitrogen and oxygen atoms in total. The molecule has 2 N–H and O–H groups in total. The Morgan fingerprint density at radius 3 is 2.47 bits per heavy atom. The molecule has 0 spiro atoms. The Bertz CT molecular complexity index is 275. The third-order valence-electron chi connectivity index (χ3n) is 3.34. The summed E-state index contributed by atoms with van der Waals surface area (Å²) in [4.78, 5) is 11.7. The summed E-state index contributed by atoms with van der Waals surface area (Å²) in [5.41, 5.74) is -0.632. The lowest BCUT2D eigenvalue weighted by atomic mass is 9.92. The van der Waals surface area contributed by atoms with E-state index in [0.29, 0.717) is 6.54 Å². The van der Waals surface area contributed by atoms with Gasteiger partial charge in [0, 0.05) is 6.54 Å². The predicted molar refractivity (Wildman–Crippen MR) is 67.5 cm³/mol. The maximum Gasteiger partial charge on any atom is 0.316 e. The zero-order chi connectivity index (χ0) is 12.6. The Morgan fingerprint density at radius 1 is 1.29 bits per heavy atom. The molecule has 0 radical (unpaired) electrons. The van der Waals surface area contributed by atoms with Crippen LogP contribution in [0.5, 0.6) is 0 Å². The second-order valence-corrected chi connectivity index (χ2v) is 4.84. The molecule has 0 saturated heterocycles. The first kappa shape index (κ1) is 13.8. The van der Waals surface area contributed by atoms with Crippen molar-refractivity contribution in [2.24, 2.45) is 0 Å². The number of nitrogens with one attached hydrogen (secondary N) is 2. The van der Waals surface area contributed by atoms with Crippen LogP contribution in [0.3, 0.4) is 0 Å². The van der Waals surface area contributed by atoms with E-state index in [4.69, 9.17) is 0 Å². The van der Waals surface area contributed by atoms with Gasteiger partial charge >= 0.3 is 6.03 Å². The second kappa shape index (κ2) is 7.16. The molecule has 0 atom stereocenters. The number of carbonyl (C=O) groups is 1. The van der Waals surface area contributed by atoms with Gasteiger partial charge < -0.3 is 10.6 Å². The number of hydrogen-bond acceptors (Lipinski definition) is 2. The van der Waals surface area contributed by atoms with Gasteiger partial charge in [-0.3, -0.25) is 0 Å². The first-order valence-corrected chi connectivity index (χ1v) is 6.70. The van der Waals surface area contributed by atoms with E-state index in [1.54, 1.807) is 0 Å². The number of unbranched alkanes of at least 4 members (excludes halogenated alkanes) is 1. The summed E-state index contributed by atoms with van der Waals surface area (Å²) in [6, 6.07) is 2.11. The fraction of sp³-hybridized carbons (Fsp3) is 0.846. The second-order valence-electron chi connectivity index (χ2n) is 4.84. The molecule has 0 heterocycles. The SMILES string of the molecule is CCCCNC(=O)NC1(C#N)CCCCCC1. The van der Waals surface area contributed by atoms with E-state index in [0.717, 1.165) is 38.5 Å². The fourth-order valence-electron chi connectivity index (χ4n) is 2.24. The summed E-state index contributed by atoms with van der Waals surface area (Å²) >= 11 is 0. The summed E-state index contributed by atoms with van der Waals surface area (Å²) in [7, 11) is 0. The van der Waals surface area contributed by atoms with Gasteiger partial charge in [-0.2, -0.15) is 5.26 Å². The van der Waals surface area contributed by atoms with E-state index >= 15 is 0 Å². The standard InChI is InChI=1S/C13H23N3O/c1-2-3-10-15-12(17)16-13(11-14)8-6-4-5-7-9-13/h2-10H2,1H3,(H2,15,16,17). The molecule has 0 aliphatic heterocycles. The molecule has 1 fully saturated rings. The highest BCUT2D eigenvalue weighted by Gasteiger charge is 2.32. The van der Waals surface area contributed by atoms with Crippen LogP contribution in [0.1, 0.15) is 58.3 Å². The molecule has 17 heavy (non-hydrogen) atoms. The summed E-state index contributed by atoms with van der Waals surface area (Å²) in [6.07, 6.45) is 8.00. The minimum atomic E-state index is -0.632. The molecule has 96 valence electrons. The lowest BCUT2D eigenvalue weighted by molar-refractivity contribution is 0.228. The average molecular weight is 237 g/mol. The van der Waals surface area contributed by atoms with Gasteiger partial charge in [0.25, 0.3) is 0 Å². The number of nitrogens with zero attached hydrogens (tertiary/aromatic N) is 1. The molecule has 1 aliphatic rings. The van der Waals surface area contributed by atoms with E-state index in [2.05, 4.69) is 23.6 Å². The molecule has 0 aromatic rings. The van der Waals surface area contributed by atoms with E-state index < -0.39 is 5.54 Å². The zero-order valence-electron chi connectivity index (χ0n) is 10.7. The van der Waals surface area contributed by atoms with Crippen LogP contribution in [0, 0.1) is 11.3 Å². The van der Waals surface area contributed by atoms with Gasteiger partial charge in [-0.1, -0.05) is 39.0 Å². The Morgan fingerprint density at radius 2 is 1.94 bits per heavy atom. The van der Waals surface area contributed by atoms with Crippen molar-refractivity contribution in [3.63, 3.8) is 0 Å². The smallest absolute Gasteiger partial charge is 0.316 e. The van der Waals surface area contributed by atoms with Crippen LogP contribution in [0.25, 0.3) is 0 Å².